The van der Waals surface area contributed by atoms with Gasteiger partial charge in [0.25, 0.3) is 0 Å². The maximum Gasteiger partial charge on any atom is 0.416 e. The fourth-order valence-electron chi connectivity index (χ4n) is 2.97. The third-order valence-electron chi connectivity index (χ3n) is 4.27. The number of ether oxygens (including phenoxy) is 1. The van der Waals surface area contributed by atoms with Gasteiger partial charge < -0.3 is 15.0 Å². The molecule has 1 atom stereocenters. The lowest BCUT2D eigenvalue weighted by Gasteiger charge is -2.21. The number of nitrogens with one attached hydrogen (secondary N) is 1. The molecule has 1 fully saturated rings. The lowest BCUT2D eigenvalue weighted by atomic mass is 10.1. The second-order valence-corrected chi connectivity index (χ2v) is 6.24. The van der Waals surface area contributed by atoms with E-state index in [0.29, 0.717) is 18.9 Å². The Hall–Kier alpha value is -1.03. The lowest BCUT2D eigenvalue weighted by molar-refractivity contribution is -0.137. The van der Waals surface area contributed by atoms with Crippen molar-refractivity contribution < 1.29 is 17.9 Å². The first-order chi connectivity index (χ1) is 11.9. The van der Waals surface area contributed by atoms with Crippen LogP contribution in [0.25, 0.3) is 0 Å². The van der Waals surface area contributed by atoms with Crippen LogP contribution >= 0.6 is 24.0 Å². The monoisotopic (exact) mass is 485 g/mol. The molecule has 1 unspecified atom stereocenters. The van der Waals surface area contributed by atoms with E-state index in [2.05, 4.69) is 15.2 Å². The third kappa shape index (κ3) is 6.94. The maximum atomic E-state index is 12.6. The summed E-state index contributed by atoms with van der Waals surface area (Å²) in [5.41, 5.74) is 0.237. The molecule has 1 aromatic carbocycles. The highest BCUT2D eigenvalue weighted by Crippen LogP contribution is 2.29. The van der Waals surface area contributed by atoms with E-state index in [1.807, 2.05) is 6.92 Å². The van der Waals surface area contributed by atoms with Gasteiger partial charge in [0.2, 0.25) is 0 Å². The van der Waals surface area contributed by atoms with Gasteiger partial charge in [-0.05, 0) is 37.5 Å². The lowest BCUT2D eigenvalue weighted by Crippen LogP contribution is -2.40. The molecule has 1 saturated heterocycles. The van der Waals surface area contributed by atoms with E-state index in [-0.39, 0.29) is 24.0 Å². The Morgan fingerprint density at radius 2 is 2.00 bits per heavy atom. The molecule has 1 aromatic rings. The summed E-state index contributed by atoms with van der Waals surface area (Å²) >= 11 is 0. The first-order valence-corrected chi connectivity index (χ1v) is 8.62. The van der Waals surface area contributed by atoms with Gasteiger partial charge >= 0.3 is 6.18 Å². The van der Waals surface area contributed by atoms with Gasteiger partial charge in [0.1, 0.15) is 0 Å². The number of rotatable bonds is 6. The number of hydrogen-bond donors (Lipinski definition) is 1. The quantitative estimate of drug-likeness (QED) is 0.379. The first kappa shape index (κ1) is 23.0. The van der Waals surface area contributed by atoms with Crippen molar-refractivity contribution in [2.75, 3.05) is 39.9 Å². The maximum absolute atomic E-state index is 12.6. The van der Waals surface area contributed by atoms with Crippen LogP contribution in [-0.2, 0) is 17.3 Å². The minimum atomic E-state index is -4.29. The molecule has 1 N–H and O–H groups in total. The number of alkyl halides is 3. The van der Waals surface area contributed by atoms with Crippen molar-refractivity contribution in [2.45, 2.75) is 25.9 Å². The normalized spacial score (nSPS) is 18.0. The summed E-state index contributed by atoms with van der Waals surface area (Å²) in [5, 5.41) is 3.29. The van der Waals surface area contributed by atoms with E-state index in [9.17, 15) is 13.2 Å². The van der Waals surface area contributed by atoms with Gasteiger partial charge in [-0.3, -0.25) is 4.99 Å². The van der Waals surface area contributed by atoms with Crippen LogP contribution in [0.15, 0.2) is 29.3 Å². The summed E-state index contributed by atoms with van der Waals surface area (Å²) in [5.74, 6) is 1.39. The minimum Gasteiger partial charge on any atom is -0.384 e. The van der Waals surface area contributed by atoms with Gasteiger partial charge in [-0.1, -0.05) is 12.1 Å². The summed E-state index contributed by atoms with van der Waals surface area (Å²) in [6.45, 7) is 5.96. The highest BCUT2D eigenvalue weighted by Gasteiger charge is 2.29. The fraction of sp³-hybridized carbons (Fsp3) is 0.611. The average Bonchev–Trinajstić information content (AvgIpc) is 3.02. The van der Waals surface area contributed by atoms with E-state index in [1.165, 1.54) is 12.1 Å². The van der Waals surface area contributed by atoms with Crippen molar-refractivity contribution in [1.29, 1.82) is 0 Å². The van der Waals surface area contributed by atoms with Crippen LogP contribution in [0.3, 0.4) is 0 Å². The Bertz CT molecular complexity index is 564. The van der Waals surface area contributed by atoms with E-state index < -0.39 is 11.7 Å². The Labute approximate surface area is 170 Å². The average molecular weight is 485 g/mol. The van der Waals surface area contributed by atoms with Crippen LogP contribution in [-0.4, -0.2) is 50.8 Å². The molecular weight excluding hydrogens is 458 g/mol. The zero-order chi connectivity index (χ0) is 18.3. The van der Waals surface area contributed by atoms with E-state index in [1.54, 1.807) is 7.11 Å². The molecule has 4 nitrogen and oxygen atoms in total. The van der Waals surface area contributed by atoms with E-state index in [0.717, 1.165) is 56.3 Å². The molecule has 0 aromatic heterocycles. The molecule has 0 bridgehead atoms. The summed E-state index contributed by atoms with van der Waals surface area (Å²) in [6.07, 6.45) is -2.59. The van der Waals surface area contributed by atoms with Crippen LogP contribution in [0.4, 0.5) is 13.2 Å². The summed E-state index contributed by atoms with van der Waals surface area (Å²) in [6, 6.07) is 5.30. The van der Waals surface area contributed by atoms with Crippen molar-refractivity contribution in [3.8, 4) is 0 Å². The van der Waals surface area contributed by atoms with E-state index in [4.69, 9.17) is 4.74 Å². The predicted molar refractivity (Wildman–Crippen MR) is 108 cm³/mol. The standard InChI is InChI=1S/C18H26F3N3O.HI/c1-3-22-17(24-11-9-15(12-24)13-25-2)23-10-8-14-4-6-16(7-5-14)18(19,20)21;/h4-7,15H,3,8-13H2,1-2H3,(H,22,23);1H. The van der Waals surface area contributed by atoms with Crippen molar-refractivity contribution in [3.05, 3.63) is 35.4 Å². The van der Waals surface area contributed by atoms with Crippen LogP contribution in [0.5, 0.6) is 0 Å². The Morgan fingerprint density at radius 3 is 2.58 bits per heavy atom. The molecule has 26 heavy (non-hydrogen) atoms. The van der Waals surface area contributed by atoms with Crippen LogP contribution in [0.2, 0.25) is 0 Å². The molecule has 148 valence electrons. The number of benzene rings is 1. The number of nitrogens with zero attached hydrogens (tertiary/aromatic N) is 2. The molecule has 1 aliphatic rings. The molecule has 1 heterocycles. The van der Waals surface area contributed by atoms with Crippen molar-refractivity contribution in [1.82, 2.24) is 10.2 Å². The van der Waals surface area contributed by atoms with Gasteiger partial charge in [0.15, 0.2) is 5.96 Å². The molecule has 2 rings (SSSR count). The Morgan fingerprint density at radius 1 is 1.31 bits per heavy atom. The van der Waals surface area contributed by atoms with Gasteiger partial charge in [-0.25, -0.2) is 0 Å². The van der Waals surface area contributed by atoms with Crippen molar-refractivity contribution in [2.24, 2.45) is 10.9 Å². The first-order valence-electron chi connectivity index (χ1n) is 8.62. The van der Waals surface area contributed by atoms with Gasteiger partial charge in [-0.15, -0.1) is 24.0 Å². The summed E-state index contributed by atoms with van der Waals surface area (Å²) in [4.78, 5) is 6.85. The predicted octanol–water partition coefficient (Wildman–Crippen LogP) is 3.80. The zero-order valence-corrected chi connectivity index (χ0v) is 17.5. The molecule has 0 radical (unpaired) electrons. The number of methoxy groups -OCH3 is 1. The highest BCUT2D eigenvalue weighted by molar-refractivity contribution is 14.0. The Kier molecular flexibility index (Phi) is 9.70. The van der Waals surface area contributed by atoms with Gasteiger partial charge in [-0.2, -0.15) is 13.2 Å². The minimum absolute atomic E-state index is 0. The molecule has 0 amide bonds. The summed E-state index contributed by atoms with van der Waals surface area (Å²) in [7, 11) is 1.71. The largest absolute Gasteiger partial charge is 0.416 e. The molecule has 1 aliphatic heterocycles. The number of likely N-dealkylation sites (tertiary alicyclic amines) is 1. The second-order valence-electron chi connectivity index (χ2n) is 6.24. The third-order valence-corrected chi connectivity index (χ3v) is 4.27. The topological polar surface area (TPSA) is 36.9 Å². The van der Waals surface area contributed by atoms with E-state index >= 15 is 0 Å². The number of halogens is 4. The number of hydrogen-bond acceptors (Lipinski definition) is 2. The molecular formula is C18H27F3IN3O. The number of aliphatic imine (C=N–C) groups is 1. The molecule has 0 saturated carbocycles. The van der Waals surface area contributed by atoms with Crippen LogP contribution in [0, 0.1) is 5.92 Å². The molecule has 8 heteroatoms. The SMILES string of the molecule is CCNC(=NCCc1ccc(C(F)(F)F)cc1)N1CCC(COC)C1.I. The smallest absolute Gasteiger partial charge is 0.384 e. The zero-order valence-electron chi connectivity index (χ0n) is 15.2. The van der Waals surface area contributed by atoms with Crippen LogP contribution in [0.1, 0.15) is 24.5 Å². The number of guanidine groups is 1. The molecule has 0 aliphatic carbocycles. The van der Waals surface area contributed by atoms with Gasteiger partial charge in [0, 0.05) is 39.2 Å². The highest BCUT2D eigenvalue weighted by atomic mass is 127. The summed E-state index contributed by atoms with van der Waals surface area (Å²) < 4.78 is 42.9. The van der Waals surface area contributed by atoms with Crippen molar-refractivity contribution >= 4 is 29.9 Å². The second kappa shape index (κ2) is 11.0. The van der Waals surface area contributed by atoms with Crippen molar-refractivity contribution in [3.63, 3.8) is 0 Å². The van der Waals surface area contributed by atoms with Gasteiger partial charge in [0.05, 0.1) is 12.2 Å². The molecule has 0 spiro atoms. The van der Waals surface area contributed by atoms with Crippen LogP contribution < -0.4 is 5.32 Å². The Balaban J connectivity index is 0.00000338. The fourth-order valence-corrected chi connectivity index (χ4v) is 2.97.